The van der Waals surface area contributed by atoms with Gasteiger partial charge in [-0.15, -0.1) is 0 Å². The molecule has 4 atom stereocenters. The molecule has 284 valence electrons. The average molecular weight is 706 g/mol. The molecule has 5 N–H and O–H groups in total. The van der Waals surface area contributed by atoms with E-state index < -0.39 is 71.3 Å². The quantitative estimate of drug-likeness (QED) is 0.169. The maximum absolute atomic E-state index is 13.1. The number of rotatable bonds is 14. The van der Waals surface area contributed by atoms with Gasteiger partial charge in [-0.25, -0.2) is 14.4 Å². The molecule has 4 unspecified atom stereocenters. The van der Waals surface area contributed by atoms with Crippen LogP contribution in [0.5, 0.6) is 0 Å². The Balaban J connectivity index is 3.70. The van der Waals surface area contributed by atoms with Gasteiger partial charge in [0.05, 0.1) is 29.3 Å². The lowest BCUT2D eigenvalue weighted by Crippen LogP contribution is -2.58. The number of carbonyl (C=O) groups is 5. The van der Waals surface area contributed by atoms with E-state index in [1.165, 1.54) is 4.90 Å². The molecule has 1 rings (SSSR count). The van der Waals surface area contributed by atoms with Crippen LogP contribution in [0.4, 0.5) is 0 Å². The number of nitrogens with zero attached hydrogens (tertiary/aromatic N) is 4. The molecule has 0 radical (unpaired) electrons. The summed E-state index contributed by atoms with van der Waals surface area (Å²) < 4.78 is 17.8. The average Bonchev–Trinajstić information content (AvgIpc) is 2.92. The molecule has 0 spiro atoms. The third-order valence-corrected chi connectivity index (χ3v) is 7.29. The van der Waals surface area contributed by atoms with E-state index in [1.54, 1.807) is 83.9 Å². The van der Waals surface area contributed by atoms with Crippen LogP contribution in [0.3, 0.4) is 0 Å². The van der Waals surface area contributed by atoms with E-state index in [4.69, 9.17) is 19.3 Å². The van der Waals surface area contributed by atoms with Gasteiger partial charge in [0.2, 0.25) is 24.6 Å². The van der Waals surface area contributed by atoms with Crippen LogP contribution in [0.1, 0.15) is 75.7 Å². The Morgan fingerprint density at radius 3 is 1.04 bits per heavy atom. The van der Waals surface area contributed by atoms with Crippen LogP contribution < -0.4 is 5.32 Å². The van der Waals surface area contributed by atoms with Crippen molar-refractivity contribution in [2.75, 3.05) is 58.9 Å². The first-order chi connectivity index (χ1) is 22.3. The number of amides is 1. The minimum absolute atomic E-state index is 0.00125. The first kappa shape index (κ1) is 44.1. The van der Waals surface area contributed by atoms with E-state index in [2.05, 4.69) is 5.32 Å². The van der Waals surface area contributed by atoms with E-state index in [1.807, 2.05) is 0 Å². The number of ether oxygens (including phenoxy) is 3. The summed E-state index contributed by atoms with van der Waals surface area (Å²) >= 11 is 0. The van der Waals surface area contributed by atoms with Gasteiger partial charge in [0.1, 0.15) is 0 Å². The van der Waals surface area contributed by atoms with Crippen molar-refractivity contribution in [2.24, 2.45) is 0 Å². The Morgan fingerprint density at radius 2 is 0.816 bits per heavy atom. The van der Waals surface area contributed by atoms with Crippen molar-refractivity contribution in [3.05, 3.63) is 0 Å². The lowest BCUT2D eigenvalue weighted by Gasteiger charge is -2.41. The lowest BCUT2D eigenvalue weighted by molar-refractivity contribution is -0.194. The maximum atomic E-state index is 13.1. The Kier molecular flexibility index (Phi) is 17.0. The van der Waals surface area contributed by atoms with Crippen LogP contribution in [0.2, 0.25) is 0 Å². The van der Waals surface area contributed by atoms with E-state index >= 15 is 0 Å². The number of carboxylic acid groups (broad SMARTS) is 4. The van der Waals surface area contributed by atoms with Crippen LogP contribution in [0.15, 0.2) is 0 Å². The van der Waals surface area contributed by atoms with E-state index in [0.717, 1.165) is 0 Å². The third kappa shape index (κ3) is 17.0. The van der Waals surface area contributed by atoms with Crippen LogP contribution in [-0.2, 0) is 38.2 Å². The monoisotopic (exact) mass is 705 g/mol. The molecular weight excluding hydrogens is 646 g/mol. The molecule has 0 aromatic carbocycles. The molecule has 1 fully saturated rings. The maximum Gasteiger partial charge on any atom is 0.348 e. The van der Waals surface area contributed by atoms with Crippen LogP contribution in [0.25, 0.3) is 0 Å². The zero-order valence-corrected chi connectivity index (χ0v) is 30.7. The number of hydrogen-bond acceptors (Lipinski definition) is 12. The first-order valence-electron chi connectivity index (χ1n) is 16.5. The summed E-state index contributed by atoms with van der Waals surface area (Å²) in [5.41, 5.74) is -2.59. The summed E-state index contributed by atoms with van der Waals surface area (Å²) in [6.07, 6.45) is -4.57. The second-order valence-corrected chi connectivity index (χ2v) is 15.0. The second-order valence-electron chi connectivity index (χ2n) is 15.0. The minimum atomic E-state index is -1.45. The first-order valence-corrected chi connectivity index (χ1v) is 16.5. The van der Waals surface area contributed by atoms with Crippen molar-refractivity contribution >= 4 is 29.8 Å². The highest BCUT2D eigenvalue weighted by atomic mass is 16.6. The Labute approximate surface area is 289 Å². The number of aliphatic carboxylic acids is 4. The van der Waals surface area contributed by atoms with Crippen molar-refractivity contribution in [3.8, 4) is 0 Å². The Morgan fingerprint density at radius 1 is 0.551 bits per heavy atom. The smallest absolute Gasteiger partial charge is 0.348 e. The molecule has 1 amide bonds. The predicted octanol–water partition coefficient (Wildman–Crippen LogP) is 0.865. The van der Waals surface area contributed by atoms with Gasteiger partial charge < -0.3 is 40.0 Å². The Bertz CT molecular complexity index is 1070. The second kappa shape index (κ2) is 18.9. The summed E-state index contributed by atoms with van der Waals surface area (Å²) in [4.78, 5) is 68.2. The van der Waals surface area contributed by atoms with Crippen LogP contribution in [-0.4, -0.2) is 170 Å². The third-order valence-electron chi connectivity index (χ3n) is 7.29. The summed E-state index contributed by atoms with van der Waals surface area (Å²) in [5, 5.41) is 42.3. The summed E-state index contributed by atoms with van der Waals surface area (Å²) in [6, 6.07) is -0.813. The van der Waals surface area contributed by atoms with Gasteiger partial charge in [-0.3, -0.25) is 29.2 Å². The summed E-state index contributed by atoms with van der Waals surface area (Å²) in [5.74, 6) is -5.31. The molecule has 17 nitrogen and oxygen atoms in total. The molecule has 1 heterocycles. The molecular formula is C32H59N5O12. The molecule has 17 heteroatoms. The van der Waals surface area contributed by atoms with Crippen molar-refractivity contribution in [1.82, 2.24) is 24.9 Å². The lowest BCUT2D eigenvalue weighted by atomic mass is 10.2. The van der Waals surface area contributed by atoms with Crippen LogP contribution >= 0.6 is 0 Å². The SMILES string of the molecule is CC(C(=O)NCCC(=O)O)N1CCN(C(OC(C)(C)C)C(=O)O)CCN(C(OC(C)(C)C)C(=O)O)CCN(C(OC(C)(C)C)C(=O)O)CC1. The fraction of sp³-hybridized carbons (Fsp3) is 0.844. The van der Waals surface area contributed by atoms with E-state index in [0.29, 0.717) is 0 Å². The topological polar surface area (TPSA) is 219 Å². The van der Waals surface area contributed by atoms with Crippen LogP contribution in [0, 0.1) is 0 Å². The zero-order valence-electron chi connectivity index (χ0n) is 30.7. The molecule has 1 aliphatic rings. The molecule has 0 bridgehead atoms. The fourth-order valence-corrected chi connectivity index (χ4v) is 5.02. The van der Waals surface area contributed by atoms with Gasteiger partial charge in [-0.05, 0) is 69.2 Å². The van der Waals surface area contributed by atoms with Gasteiger partial charge in [0, 0.05) is 58.9 Å². The predicted molar refractivity (Wildman–Crippen MR) is 178 cm³/mol. The molecule has 0 aliphatic carbocycles. The molecule has 0 aromatic heterocycles. The van der Waals surface area contributed by atoms with E-state index in [-0.39, 0.29) is 65.3 Å². The van der Waals surface area contributed by atoms with Gasteiger partial charge in [-0.2, -0.15) is 0 Å². The highest BCUT2D eigenvalue weighted by molar-refractivity contribution is 5.81. The van der Waals surface area contributed by atoms with E-state index in [9.17, 15) is 39.3 Å². The Hall–Kier alpha value is -2.93. The standard InChI is InChI=1S/C32H59N5O12/c1-21(23(40)33-12-11-22(38)39)34-13-15-35(24(27(41)42)47-30(2,3)4)17-19-37(26(29(45)46)49-32(8,9)10)20-18-36(16-14-34)25(28(43)44)48-31(5,6)7/h21,24-26H,11-20H2,1-10H3,(H,33,40)(H,38,39)(H,41,42)(H,43,44)(H,45,46). The summed E-state index contributed by atoms with van der Waals surface area (Å²) in [7, 11) is 0. The molecule has 0 saturated carbocycles. The number of nitrogens with one attached hydrogen (secondary N) is 1. The van der Waals surface area contributed by atoms with Gasteiger partial charge in [0.15, 0.2) is 0 Å². The highest BCUT2D eigenvalue weighted by Crippen LogP contribution is 2.20. The molecule has 1 saturated heterocycles. The number of carboxylic acids is 4. The fourth-order valence-electron chi connectivity index (χ4n) is 5.02. The molecule has 49 heavy (non-hydrogen) atoms. The van der Waals surface area contributed by atoms with Gasteiger partial charge in [-0.1, -0.05) is 0 Å². The minimum Gasteiger partial charge on any atom is -0.481 e. The number of carbonyl (C=O) groups excluding carboxylic acids is 1. The number of hydrogen-bond donors (Lipinski definition) is 5. The molecule has 1 aliphatic heterocycles. The highest BCUT2D eigenvalue weighted by Gasteiger charge is 2.38. The molecule has 0 aromatic rings. The zero-order chi connectivity index (χ0) is 37.9. The summed E-state index contributed by atoms with van der Waals surface area (Å²) in [6.45, 7) is 17.3. The van der Waals surface area contributed by atoms with Crippen molar-refractivity contribution < 1.29 is 58.6 Å². The largest absolute Gasteiger partial charge is 0.481 e. The van der Waals surface area contributed by atoms with Crippen molar-refractivity contribution in [3.63, 3.8) is 0 Å². The van der Waals surface area contributed by atoms with Gasteiger partial charge >= 0.3 is 23.9 Å². The van der Waals surface area contributed by atoms with Gasteiger partial charge in [0.25, 0.3) is 0 Å². The van der Waals surface area contributed by atoms with Crippen molar-refractivity contribution in [1.29, 1.82) is 0 Å². The van der Waals surface area contributed by atoms with Crippen molar-refractivity contribution in [2.45, 2.75) is 117 Å². The normalized spacial score (nSPS) is 19.9.